The van der Waals surface area contributed by atoms with Gasteiger partial charge in [0.15, 0.2) is 12.4 Å². The maximum atomic E-state index is 10.8. The fourth-order valence-electron chi connectivity index (χ4n) is 1.72. The molecule has 4 N–H and O–H groups in total. The van der Waals surface area contributed by atoms with Crippen molar-refractivity contribution in [2.75, 3.05) is 13.7 Å². The second kappa shape index (κ2) is 6.78. The summed E-state index contributed by atoms with van der Waals surface area (Å²) in [4.78, 5) is 0. The van der Waals surface area contributed by atoms with Gasteiger partial charge in [-0.15, -0.1) is 0 Å². The molecule has 0 aliphatic carbocycles. The predicted molar refractivity (Wildman–Crippen MR) is 61.6 cm³/mol. The van der Waals surface area contributed by atoms with Gasteiger partial charge in [0, 0.05) is 7.11 Å². The Morgan fingerprint density at radius 2 is 1.52 bits per heavy atom. The molecule has 0 aromatic rings. The summed E-state index contributed by atoms with van der Waals surface area (Å²) in [6.45, 7) is -0.801. The summed E-state index contributed by atoms with van der Waals surface area (Å²) in [5.74, 6) is 0. The van der Waals surface area contributed by atoms with E-state index in [1.54, 1.807) is 0 Å². The molecule has 126 valence electrons. The number of methoxy groups -OCH3 is 1. The molecule has 1 rings (SSSR count). The van der Waals surface area contributed by atoms with Crippen LogP contribution in [0.25, 0.3) is 0 Å². The lowest BCUT2D eigenvalue weighted by Gasteiger charge is -2.41. The topological polar surface area (TPSA) is 186 Å². The molecular weight excluding hydrogens is 340 g/mol. The van der Waals surface area contributed by atoms with Gasteiger partial charge in [-0.2, -0.15) is 16.8 Å². The molecule has 0 saturated carbocycles. The zero-order chi connectivity index (χ0) is 16.4. The molecule has 0 unspecified atom stereocenters. The van der Waals surface area contributed by atoms with E-state index in [1.807, 2.05) is 0 Å². The van der Waals surface area contributed by atoms with E-state index in [9.17, 15) is 21.9 Å². The molecule has 1 saturated heterocycles. The van der Waals surface area contributed by atoms with Gasteiger partial charge in [0.1, 0.15) is 18.3 Å². The molecule has 14 heteroatoms. The Bertz CT molecular complexity index is 540. The molecule has 0 spiro atoms. The average Bonchev–Trinajstić information content (AvgIpc) is 2.31. The van der Waals surface area contributed by atoms with Crippen molar-refractivity contribution in [3.05, 3.63) is 0 Å². The normalized spacial score (nSPS) is 34.8. The highest BCUT2D eigenvalue weighted by Gasteiger charge is 2.50. The van der Waals surface area contributed by atoms with Crippen molar-refractivity contribution in [2.45, 2.75) is 30.7 Å². The molecular formula is C7H14O12S2. The lowest BCUT2D eigenvalue weighted by Crippen LogP contribution is -2.61. The number of aliphatic hydroxyl groups excluding tert-OH is 2. The fourth-order valence-corrected chi connectivity index (χ4v) is 2.71. The van der Waals surface area contributed by atoms with E-state index >= 15 is 0 Å². The van der Waals surface area contributed by atoms with Crippen molar-refractivity contribution in [2.24, 2.45) is 0 Å². The Morgan fingerprint density at radius 1 is 1.05 bits per heavy atom. The van der Waals surface area contributed by atoms with Crippen molar-refractivity contribution in [1.29, 1.82) is 0 Å². The van der Waals surface area contributed by atoms with E-state index in [0.29, 0.717) is 0 Å². The van der Waals surface area contributed by atoms with Gasteiger partial charge in [-0.3, -0.25) is 9.11 Å². The van der Waals surface area contributed by atoms with Gasteiger partial charge in [-0.1, -0.05) is 0 Å². The van der Waals surface area contributed by atoms with Gasteiger partial charge in [0.25, 0.3) is 0 Å². The molecule has 12 nitrogen and oxygen atoms in total. The van der Waals surface area contributed by atoms with Gasteiger partial charge >= 0.3 is 20.8 Å². The van der Waals surface area contributed by atoms with Gasteiger partial charge in [0.2, 0.25) is 0 Å². The highest BCUT2D eigenvalue weighted by atomic mass is 32.3. The van der Waals surface area contributed by atoms with Crippen LogP contribution in [0.1, 0.15) is 0 Å². The quantitative estimate of drug-likeness (QED) is 0.357. The van der Waals surface area contributed by atoms with E-state index < -0.39 is 58.1 Å². The van der Waals surface area contributed by atoms with E-state index in [-0.39, 0.29) is 0 Å². The van der Waals surface area contributed by atoms with Crippen LogP contribution in [0, 0.1) is 0 Å². The van der Waals surface area contributed by atoms with Crippen molar-refractivity contribution >= 4 is 20.8 Å². The van der Waals surface area contributed by atoms with E-state index in [2.05, 4.69) is 13.1 Å². The number of rotatable bonds is 6. The molecule has 1 aliphatic heterocycles. The van der Waals surface area contributed by atoms with Crippen LogP contribution >= 0.6 is 0 Å². The smallest absolute Gasteiger partial charge is 0.394 e. The minimum atomic E-state index is -5.12. The SMILES string of the molecule is CO[C@H]1O[C@H](CO)[C@@H](O)[C@H](OS(=O)(=O)O)[C@H]1OS(=O)(=O)O. The third-order valence-electron chi connectivity index (χ3n) is 2.50. The average molecular weight is 354 g/mol. The summed E-state index contributed by atoms with van der Waals surface area (Å²) in [5, 5.41) is 18.8. The van der Waals surface area contributed by atoms with E-state index in [1.165, 1.54) is 0 Å². The Kier molecular flexibility index (Phi) is 6.01. The lowest BCUT2D eigenvalue weighted by molar-refractivity contribution is -0.284. The Hall–Kier alpha value is -0.420. The fraction of sp³-hybridized carbons (Fsp3) is 1.00. The van der Waals surface area contributed by atoms with Crippen LogP contribution in [0.3, 0.4) is 0 Å². The number of aliphatic hydroxyl groups is 2. The third-order valence-corrected chi connectivity index (χ3v) is 3.43. The zero-order valence-electron chi connectivity index (χ0n) is 10.5. The van der Waals surface area contributed by atoms with Crippen molar-refractivity contribution in [3.63, 3.8) is 0 Å². The molecule has 0 bridgehead atoms. The standard InChI is InChI=1S/C7H14O12S2/c1-16-7-6(19-21(13,14)15)5(18-20(10,11)12)4(9)3(2-8)17-7/h3-9H,2H2,1H3,(H,10,11,12)(H,13,14,15)/t3-,4-,5+,6-,7+/m1/s1. The summed E-state index contributed by atoms with van der Waals surface area (Å²) >= 11 is 0. The minimum absolute atomic E-state index is 0.801. The number of hydrogen-bond acceptors (Lipinski definition) is 10. The first-order chi connectivity index (χ1) is 9.48. The highest BCUT2D eigenvalue weighted by molar-refractivity contribution is 7.81. The maximum Gasteiger partial charge on any atom is 0.397 e. The molecule has 0 radical (unpaired) electrons. The Morgan fingerprint density at radius 3 is 1.90 bits per heavy atom. The van der Waals surface area contributed by atoms with Crippen LogP contribution in [0.5, 0.6) is 0 Å². The summed E-state index contributed by atoms with van der Waals surface area (Å²) in [6.07, 6.45) is -8.94. The van der Waals surface area contributed by atoms with Crippen molar-refractivity contribution in [1.82, 2.24) is 0 Å². The largest absolute Gasteiger partial charge is 0.397 e. The van der Waals surface area contributed by atoms with Crippen LogP contribution in [0.2, 0.25) is 0 Å². The van der Waals surface area contributed by atoms with E-state index in [0.717, 1.165) is 7.11 Å². The molecule has 21 heavy (non-hydrogen) atoms. The summed E-state index contributed by atoms with van der Waals surface area (Å²) in [5.41, 5.74) is 0. The Labute approximate surface area is 120 Å². The monoisotopic (exact) mass is 354 g/mol. The van der Waals surface area contributed by atoms with Crippen LogP contribution in [-0.4, -0.2) is 80.6 Å². The molecule has 0 aromatic carbocycles. The lowest BCUT2D eigenvalue weighted by atomic mass is 9.99. The van der Waals surface area contributed by atoms with Gasteiger partial charge in [-0.05, 0) is 0 Å². The first-order valence-electron chi connectivity index (χ1n) is 5.27. The predicted octanol–water partition coefficient (Wildman–Crippen LogP) is -2.91. The van der Waals surface area contributed by atoms with Crippen molar-refractivity contribution in [3.8, 4) is 0 Å². The second-order valence-corrected chi connectivity index (χ2v) is 6.02. The summed E-state index contributed by atoms with van der Waals surface area (Å²) in [7, 11) is -9.20. The third kappa shape index (κ3) is 5.37. The molecule has 1 aliphatic rings. The zero-order valence-corrected chi connectivity index (χ0v) is 12.1. The van der Waals surface area contributed by atoms with Crippen molar-refractivity contribution < 1.29 is 54.0 Å². The van der Waals surface area contributed by atoms with Gasteiger partial charge in [0.05, 0.1) is 6.61 Å². The molecule has 1 heterocycles. The van der Waals surface area contributed by atoms with E-state index in [4.69, 9.17) is 18.9 Å². The molecule has 0 amide bonds. The van der Waals surface area contributed by atoms with Crippen LogP contribution < -0.4 is 0 Å². The van der Waals surface area contributed by atoms with Gasteiger partial charge in [-0.25, -0.2) is 8.37 Å². The first-order valence-corrected chi connectivity index (χ1v) is 8.00. The summed E-state index contributed by atoms with van der Waals surface area (Å²) < 4.78 is 78.2. The molecule has 0 aromatic heterocycles. The molecule has 1 fully saturated rings. The molecule has 5 atom stereocenters. The second-order valence-electron chi connectivity index (χ2n) is 3.93. The maximum absolute atomic E-state index is 10.8. The summed E-state index contributed by atoms with van der Waals surface area (Å²) in [6, 6.07) is 0. The highest BCUT2D eigenvalue weighted by Crippen LogP contribution is 2.28. The minimum Gasteiger partial charge on any atom is -0.394 e. The van der Waals surface area contributed by atoms with Crippen LogP contribution in [0.4, 0.5) is 0 Å². The Balaban J connectivity index is 3.16. The number of ether oxygens (including phenoxy) is 2. The van der Waals surface area contributed by atoms with Crippen LogP contribution in [0.15, 0.2) is 0 Å². The van der Waals surface area contributed by atoms with Crippen LogP contribution in [-0.2, 0) is 38.6 Å². The number of hydrogen-bond donors (Lipinski definition) is 4. The van der Waals surface area contributed by atoms with Gasteiger partial charge < -0.3 is 19.7 Å². The first kappa shape index (κ1) is 18.6.